The van der Waals surface area contributed by atoms with Crippen molar-refractivity contribution < 1.29 is 5.11 Å². The summed E-state index contributed by atoms with van der Waals surface area (Å²) < 4.78 is 0. The van der Waals surface area contributed by atoms with Crippen LogP contribution in [-0.4, -0.2) is 73.4 Å². The number of nitrogens with zero attached hydrogens (tertiary/aromatic N) is 2. The molecule has 4 nitrogen and oxygen atoms in total. The predicted octanol–water partition coefficient (Wildman–Crippen LogP) is 1.15. The second kappa shape index (κ2) is 9.70. The highest BCUT2D eigenvalue weighted by atomic mass is 16.3. The molecular weight excluding hydrogens is 238 g/mol. The fraction of sp³-hybridized carbons (Fsp3) is 1.00. The molecule has 1 rings (SSSR count). The van der Waals surface area contributed by atoms with E-state index >= 15 is 0 Å². The van der Waals surface area contributed by atoms with Crippen molar-refractivity contribution >= 4 is 0 Å². The van der Waals surface area contributed by atoms with Crippen LogP contribution in [0.4, 0.5) is 0 Å². The Kier molecular flexibility index (Phi) is 8.62. The maximum absolute atomic E-state index is 9.94. The first-order valence-electron chi connectivity index (χ1n) is 7.98. The Balaban J connectivity index is 2.03. The van der Waals surface area contributed by atoms with Crippen LogP contribution in [-0.2, 0) is 0 Å². The van der Waals surface area contributed by atoms with E-state index in [0.717, 1.165) is 38.8 Å². The first-order chi connectivity index (χ1) is 9.17. The zero-order valence-electron chi connectivity index (χ0n) is 13.1. The van der Waals surface area contributed by atoms with Crippen molar-refractivity contribution in [3.8, 4) is 0 Å². The Morgan fingerprint density at radius 2 is 1.84 bits per heavy atom. The quantitative estimate of drug-likeness (QED) is 0.585. The summed E-state index contributed by atoms with van der Waals surface area (Å²) in [4.78, 5) is 4.73. The lowest BCUT2D eigenvalue weighted by atomic mass is 10.2. The van der Waals surface area contributed by atoms with Crippen LogP contribution in [0.3, 0.4) is 0 Å². The van der Waals surface area contributed by atoms with Gasteiger partial charge < -0.3 is 20.2 Å². The van der Waals surface area contributed by atoms with Gasteiger partial charge in [0.2, 0.25) is 0 Å². The summed E-state index contributed by atoms with van der Waals surface area (Å²) in [6.45, 7) is 9.84. The number of aliphatic hydroxyl groups is 1. The molecule has 0 amide bonds. The number of aliphatic hydroxyl groups excluding tert-OH is 1. The Morgan fingerprint density at radius 1 is 1.21 bits per heavy atom. The third-order valence-electron chi connectivity index (χ3n) is 4.33. The molecule has 0 saturated heterocycles. The second-order valence-electron chi connectivity index (χ2n) is 5.76. The van der Waals surface area contributed by atoms with Gasteiger partial charge >= 0.3 is 0 Å². The normalized spacial score (nSPS) is 18.6. The first-order valence-corrected chi connectivity index (χ1v) is 7.98. The highest BCUT2D eigenvalue weighted by Crippen LogP contribution is 2.21. The maximum Gasteiger partial charge on any atom is 0.0791 e. The van der Waals surface area contributed by atoms with Crippen LogP contribution >= 0.6 is 0 Å². The fourth-order valence-electron chi connectivity index (χ4n) is 2.90. The summed E-state index contributed by atoms with van der Waals surface area (Å²) in [6, 6.07) is 0.794. The van der Waals surface area contributed by atoms with Crippen LogP contribution in [0.15, 0.2) is 0 Å². The van der Waals surface area contributed by atoms with Crippen LogP contribution < -0.4 is 5.32 Å². The topological polar surface area (TPSA) is 38.7 Å². The van der Waals surface area contributed by atoms with Gasteiger partial charge in [-0.25, -0.2) is 0 Å². The van der Waals surface area contributed by atoms with E-state index in [2.05, 4.69) is 36.0 Å². The molecule has 1 unspecified atom stereocenters. The smallest absolute Gasteiger partial charge is 0.0791 e. The molecule has 0 aromatic rings. The van der Waals surface area contributed by atoms with Crippen molar-refractivity contribution in [2.24, 2.45) is 0 Å². The average molecular weight is 271 g/mol. The van der Waals surface area contributed by atoms with E-state index in [0.29, 0.717) is 6.54 Å². The molecule has 0 aliphatic heterocycles. The summed E-state index contributed by atoms with van der Waals surface area (Å²) in [7, 11) is 2.23. The second-order valence-corrected chi connectivity index (χ2v) is 5.76. The summed E-state index contributed by atoms with van der Waals surface area (Å²) in [5, 5.41) is 13.3. The first kappa shape index (κ1) is 16.9. The molecule has 1 aliphatic rings. The monoisotopic (exact) mass is 271 g/mol. The Morgan fingerprint density at radius 3 is 2.42 bits per heavy atom. The number of rotatable bonds is 10. The molecule has 1 atom stereocenters. The molecule has 1 aliphatic carbocycles. The number of hydrogen-bond donors (Lipinski definition) is 2. The molecule has 0 aromatic heterocycles. The molecule has 1 fully saturated rings. The van der Waals surface area contributed by atoms with Gasteiger partial charge in [0.15, 0.2) is 0 Å². The third kappa shape index (κ3) is 6.70. The minimum Gasteiger partial charge on any atom is -0.390 e. The minimum atomic E-state index is -0.253. The van der Waals surface area contributed by atoms with Gasteiger partial charge in [-0.1, -0.05) is 26.7 Å². The standard InChI is InChI=1S/C15H33N3O/c1-4-18(5-2)13-15(19)12-16-10-11-17(3)14-8-6-7-9-14/h14-16,19H,4-13H2,1-3H3. The van der Waals surface area contributed by atoms with Crippen LogP contribution in [0.5, 0.6) is 0 Å². The van der Waals surface area contributed by atoms with E-state index in [1.807, 2.05) is 0 Å². The van der Waals surface area contributed by atoms with Crippen LogP contribution in [0, 0.1) is 0 Å². The van der Waals surface area contributed by atoms with E-state index < -0.39 is 0 Å². The molecule has 0 bridgehead atoms. The Hall–Kier alpha value is -0.160. The molecule has 2 N–H and O–H groups in total. The van der Waals surface area contributed by atoms with Crippen molar-refractivity contribution in [2.45, 2.75) is 51.7 Å². The molecule has 4 heteroatoms. The fourth-order valence-corrected chi connectivity index (χ4v) is 2.90. The molecule has 0 aromatic carbocycles. The summed E-state index contributed by atoms with van der Waals surface area (Å²) in [6.07, 6.45) is 5.26. The van der Waals surface area contributed by atoms with Gasteiger partial charge in [0.1, 0.15) is 0 Å². The van der Waals surface area contributed by atoms with Crippen LogP contribution in [0.2, 0.25) is 0 Å². The van der Waals surface area contributed by atoms with E-state index in [-0.39, 0.29) is 6.10 Å². The van der Waals surface area contributed by atoms with Gasteiger partial charge in [-0.2, -0.15) is 0 Å². The van der Waals surface area contributed by atoms with Crippen molar-refractivity contribution in [1.29, 1.82) is 0 Å². The average Bonchev–Trinajstić information content (AvgIpc) is 2.94. The lowest BCUT2D eigenvalue weighted by molar-refractivity contribution is 0.115. The largest absolute Gasteiger partial charge is 0.390 e. The molecule has 0 radical (unpaired) electrons. The molecule has 19 heavy (non-hydrogen) atoms. The molecule has 0 heterocycles. The summed E-state index contributed by atoms with van der Waals surface area (Å²) >= 11 is 0. The van der Waals surface area contributed by atoms with Crippen molar-refractivity contribution in [2.75, 3.05) is 46.3 Å². The molecule has 114 valence electrons. The van der Waals surface area contributed by atoms with Crippen molar-refractivity contribution in [3.63, 3.8) is 0 Å². The van der Waals surface area contributed by atoms with E-state index in [1.54, 1.807) is 0 Å². The molecule has 1 saturated carbocycles. The van der Waals surface area contributed by atoms with Gasteiger partial charge in [0.25, 0.3) is 0 Å². The van der Waals surface area contributed by atoms with Crippen LogP contribution in [0.25, 0.3) is 0 Å². The number of likely N-dealkylation sites (N-methyl/N-ethyl adjacent to an activating group) is 2. The predicted molar refractivity (Wildman–Crippen MR) is 81.6 cm³/mol. The number of hydrogen-bond acceptors (Lipinski definition) is 4. The van der Waals surface area contributed by atoms with Crippen molar-refractivity contribution in [1.82, 2.24) is 15.1 Å². The van der Waals surface area contributed by atoms with Gasteiger partial charge in [-0.05, 0) is 33.0 Å². The van der Waals surface area contributed by atoms with Gasteiger partial charge in [0.05, 0.1) is 6.10 Å². The third-order valence-corrected chi connectivity index (χ3v) is 4.33. The Labute approximate surface area is 119 Å². The van der Waals surface area contributed by atoms with E-state index in [1.165, 1.54) is 25.7 Å². The lowest BCUT2D eigenvalue weighted by Crippen LogP contribution is -2.41. The highest BCUT2D eigenvalue weighted by Gasteiger charge is 2.18. The molecule has 0 spiro atoms. The zero-order chi connectivity index (χ0) is 14.1. The summed E-state index contributed by atoms with van der Waals surface area (Å²) in [5.74, 6) is 0. The number of nitrogens with one attached hydrogen (secondary N) is 1. The summed E-state index contributed by atoms with van der Waals surface area (Å²) in [5.41, 5.74) is 0. The van der Waals surface area contributed by atoms with Gasteiger partial charge in [-0.15, -0.1) is 0 Å². The molecular formula is C15H33N3O. The Bertz CT molecular complexity index is 215. The van der Waals surface area contributed by atoms with Crippen molar-refractivity contribution in [3.05, 3.63) is 0 Å². The van der Waals surface area contributed by atoms with E-state index in [4.69, 9.17) is 0 Å². The SMILES string of the molecule is CCN(CC)CC(O)CNCCN(C)C1CCCC1. The van der Waals surface area contributed by atoms with Gasteiger partial charge in [0, 0.05) is 32.2 Å². The van der Waals surface area contributed by atoms with E-state index in [9.17, 15) is 5.11 Å². The van der Waals surface area contributed by atoms with Crippen LogP contribution in [0.1, 0.15) is 39.5 Å². The lowest BCUT2D eigenvalue weighted by Gasteiger charge is -2.25. The zero-order valence-corrected chi connectivity index (χ0v) is 13.1. The minimum absolute atomic E-state index is 0.253. The maximum atomic E-state index is 9.94. The highest BCUT2D eigenvalue weighted by molar-refractivity contribution is 4.75. The van der Waals surface area contributed by atoms with Gasteiger partial charge in [-0.3, -0.25) is 0 Å².